The van der Waals surface area contributed by atoms with Gasteiger partial charge < -0.3 is 5.32 Å². The highest BCUT2D eigenvalue weighted by atomic mass is 19.1. The van der Waals surface area contributed by atoms with E-state index >= 15 is 0 Å². The maximum absolute atomic E-state index is 13.7. The van der Waals surface area contributed by atoms with Crippen molar-refractivity contribution < 1.29 is 4.39 Å². The van der Waals surface area contributed by atoms with E-state index in [0.717, 1.165) is 16.5 Å². The molecule has 0 amide bonds. The predicted octanol–water partition coefficient (Wildman–Crippen LogP) is 3.82. The summed E-state index contributed by atoms with van der Waals surface area (Å²) in [5, 5.41) is 4.81. The molecule has 0 saturated heterocycles. The molecule has 0 aliphatic rings. The number of hydrogen-bond donors (Lipinski definition) is 1. The SMILES string of the molecule is C=C(C)C(NC)c1ccc(F)c2ccccc12. The molecule has 1 nitrogen and oxygen atoms in total. The summed E-state index contributed by atoms with van der Waals surface area (Å²) >= 11 is 0. The van der Waals surface area contributed by atoms with E-state index in [2.05, 4.69) is 11.9 Å². The Hall–Kier alpha value is -1.67. The van der Waals surface area contributed by atoms with Crippen molar-refractivity contribution in [2.75, 3.05) is 7.05 Å². The third-order valence-corrected chi connectivity index (χ3v) is 3.00. The Balaban J connectivity index is 2.70. The van der Waals surface area contributed by atoms with Crippen LogP contribution in [0.1, 0.15) is 18.5 Å². The van der Waals surface area contributed by atoms with Gasteiger partial charge in [0.25, 0.3) is 0 Å². The topological polar surface area (TPSA) is 12.0 Å². The molecule has 0 aliphatic heterocycles. The summed E-state index contributed by atoms with van der Waals surface area (Å²) in [6, 6.07) is 10.9. The molecule has 2 heteroatoms. The summed E-state index contributed by atoms with van der Waals surface area (Å²) in [5.41, 5.74) is 2.08. The van der Waals surface area contributed by atoms with E-state index in [1.807, 2.05) is 38.2 Å². The lowest BCUT2D eigenvalue weighted by molar-refractivity contribution is 0.636. The van der Waals surface area contributed by atoms with Gasteiger partial charge in [-0.05, 0) is 31.0 Å². The molecule has 0 radical (unpaired) electrons. The van der Waals surface area contributed by atoms with Crippen LogP contribution in [0.5, 0.6) is 0 Å². The van der Waals surface area contributed by atoms with Gasteiger partial charge in [-0.3, -0.25) is 0 Å². The number of nitrogens with one attached hydrogen (secondary N) is 1. The van der Waals surface area contributed by atoms with Gasteiger partial charge in [0, 0.05) is 5.39 Å². The Morgan fingerprint density at radius 2 is 1.82 bits per heavy atom. The lowest BCUT2D eigenvalue weighted by Crippen LogP contribution is -2.17. The summed E-state index contributed by atoms with van der Waals surface area (Å²) in [5.74, 6) is -0.180. The van der Waals surface area contributed by atoms with E-state index in [9.17, 15) is 4.39 Å². The van der Waals surface area contributed by atoms with Crippen LogP contribution in [0, 0.1) is 5.82 Å². The molecule has 0 aliphatic carbocycles. The van der Waals surface area contributed by atoms with Crippen molar-refractivity contribution in [1.29, 1.82) is 0 Å². The first-order valence-electron chi connectivity index (χ1n) is 5.65. The summed E-state index contributed by atoms with van der Waals surface area (Å²) in [6.45, 7) is 5.95. The van der Waals surface area contributed by atoms with Gasteiger partial charge in [0.15, 0.2) is 0 Å². The Kier molecular flexibility index (Phi) is 3.25. The molecule has 2 aromatic rings. The highest BCUT2D eigenvalue weighted by molar-refractivity contribution is 5.87. The molecule has 1 atom stereocenters. The van der Waals surface area contributed by atoms with Crippen molar-refractivity contribution in [2.45, 2.75) is 13.0 Å². The first kappa shape index (κ1) is 11.8. The van der Waals surface area contributed by atoms with Gasteiger partial charge in [0.2, 0.25) is 0 Å². The van der Waals surface area contributed by atoms with Gasteiger partial charge >= 0.3 is 0 Å². The van der Waals surface area contributed by atoms with Gasteiger partial charge in [0.05, 0.1) is 6.04 Å². The molecule has 0 aromatic heterocycles. The van der Waals surface area contributed by atoms with E-state index in [-0.39, 0.29) is 11.9 Å². The number of rotatable bonds is 3. The normalized spacial score (nSPS) is 12.6. The fraction of sp³-hybridized carbons (Fsp3) is 0.200. The van der Waals surface area contributed by atoms with Crippen molar-refractivity contribution in [3.63, 3.8) is 0 Å². The Morgan fingerprint density at radius 3 is 2.41 bits per heavy atom. The second-order valence-electron chi connectivity index (χ2n) is 4.25. The van der Waals surface area contributed by atoms with Crippen molar-refractivity contribution in [3.05, 3.63) is 59.9 Å². The third kappa shape index (κ3) is 2.08. The van der Waals surface area contributed by atoms with Gasteiger partial charge in [-0.1, -0.05) is 42.5 Å². The summed E-state index contributed by atoms with van der Waals surface area (Å²) < 4.78 is 13.7. The van der Waals surface area contributed by atoms with Crippen LogP contribution >= 0.6 is 0 Å². The lowest BCUT2D eigenvalue weighted by atomic mass is 9.95. The molecular formula is C15H16FN. The smallest absolute Gasteiger partial charge is 0.131 e. The van der Waals surface area contributed by atoms with Crippen molar-refractivity contribution in [2.24, 2.45) is 0 Å². The molecule has 2 rings (SSSR count). The maximum Gasteiger partial charge on any atom is 0.131 e. The van der Waals surface area contributed by atoms with Crippen molar-refractivity contribution >= 4 is 10.8 Å². The average molecular weight is 229 g/mol. The zero-order chi connectivity index (χ0) is 12.4. The van der Waals surface area contributed by atoms with Gasteiger partial charge in [-0.2, -0.15) is 0 Å². The van der Waals surface area contributed by atoms with E-state index in [1.165, 1.54) is 6.07 Å². The van der Waals surface area contributed by atoms with E-state index in [4.69, 9.17) is 0 Å². The molecule has 1 N–H and O–H groups in total. The minimum Gasteiger partial charge on any atom is -0.310 e. The van der Waals surface area contributed by atoms with Crippen molar-refractivity contribution in [1.82, 2.24) is 5.32 Å². The molecule has 17 heavy (non-hydrogen) atoms. The number of hydrogen-bond acceptors (Lipinski definition) is 1. The Labute approximate surface area is 101 Å². The number of fused-ring (bicyclic) bond motifs is 1. The zero-order valence-corrected chi connectivity index (χ0v) is 10.1. The molecule has 0 fully saturated rings. The summed E-state index contributed by atoms with van der Waals surface area (Å²) in [7, 11) is 1.89. The van der Waals surface area contributed by atoms with E-state index < -0.39 is 0 Å². The molecular weight excluding hydrogens is 213 g/mol. The van der Waals surface area contributed by atoms with E-state index in [1.54, 1.807) is 6.07 Å². The number of likely N-dealkylation sites (N-methyl/N-ethyl adjacent to an activating group) is 1. The van der Waals surface area contributed by atoms with Crippen LogP contribution in [0.3, 0.4) is 0 Å². The highest BCUT2D eigenvalue weighted by Gasteiger charge is 2.14. The Bertz CT molecular complexity index is 560. The largest absolute Gasteiger partial charge is 0.310 e. The van der Waals surface area contributed by atoms with Crippen LogP contribution in [0.25, 0.3) is 10.8 Å². The molecule has 88 valence electrons. The number of benzene rings is 2. The molecule has 0 bridgehead atoms. The first-order valence-corrected chi connectivity index (χ1v) is 5.65. The summed E-state index contributed by atoms with van der Waals surface area (Å²) in [4.78, 5) is 0. The second kappa shape index (κ2) is 4.68. The average Bonchev–Trinajstić information content (AvgIpc) is 2.33. The fourth-order valence-electron chi connectivity index (χ4n) is 2.20. The first-order chi connectivity index (χ1) is 8.15. The van der Waals surface area contributed by atoms with Crippen LogP contribution in [-0.4, -0.2) is 7.05 Å². The minimum atomic E-state index is -0.180. The molecule has 0 heterocycles. The van der Waals surface area contributed by atoms with Crippen LogP contribution in [-0.2, 0) is 0 Å². The standard InChI is InChI=1S/C15H16FN/c1-10(2)15(17-3)13-8-9-14(16)12-7-5-4-6-11(12)13/h4-9,15,17H,1H2,2-3H3. The van der Waals surface area contributed by atoms with Gasteiger partial charge in [-0.15, -0.1) is 0 Å². The summed E-state index contributed by atoms with van der Waals surface area (Å²) in [6.07, 6.45) is 0. The highest BCUT2D eigenvalue weighted by Crippen LogP contribution is 2.29. The minimum absolute atomic E-state index is 0.0560. The molecule has 2 aromatic carbocycles. The van der Waals surface area contributed by atoms with Crippen LogP contribution in [0.15, 0.2) is 48.6 Å². The monoisotopic (exact) mass is 229 g/mol. The van der Waals surface area contributed by atoms with Crippen LogP contribution in [0.4, 0.5) is 4.39 Å². The third-order valence-electron chi connectivity index (χ3n) is 3.00. The van der Waals surface area contributed by atoms with Crippen LogP contribution in [0.2, 0.25) is 0 Å². The maximum atomic E-state index is 13.7. The molecule has 1 unspecified atom stereocenters. The Morgan fingerprint density at radius 1 is 1.18 bits per heavy atom. The number of halogens is 1. The van der Waals surface area contributed by atoms with E-state index in [0.29, 0.717) is 5.39 Å². The quantitative estimate of drug-likeness (QED) is 0.789. The van der Waals surface area contributed by atoms with Crippen LogP contribution < -0.4 is 5.32 Å². The predicted molar refractivity (Wildman–Crippen MR) is 70.5 cm³/mol. The molecule has 0 spiro atoms. The van der Waals surface area contributed by atoms with Gasteiger partial charge in [-0.25, -0.2) is 4.39 Å². The van der Waals surface area contributed by atoms with Gasteiger partial charge in [0.1, 0.15) is 5.82 Å². The fourth-order valence-corrected chi connectivity index (χ4v) is 2.20. The lowest BCUT2D eigenvalue weighted by Gasteiger charge is -2.19. The molecule has 0 saturated carbocycles. The zero-order valence-electron chi connectivity index (χ0n) is 10.1. The van der Waals surface area contributed by atoms with Crippen molar-refractivity contribution in [3.8, 4) is 0 Å². The second-order valence-corrected chi connectivity index (χ2v) is 4.25.